The van der Waals surface area contributed by atoms with Crippen LogP contribution in [0.3, 0.4) is 0 Å². The smallest absolute Gasteiger partial charge is 0.323 e. The van der Waals surface area contributed by atoms with Crippen LogP contribution in [-0.2, 0) is 11.3 Å². The van der Waals surface area contributed by atoms with Gasteiger partial charge in [0.25, 0.3) is 5.91 Å². The van der Waals surface area contributed by atoms with Crippen LogP contribution >= 0.6 is 0 Å². The van der Waals surface area contributed by atoms with Gasteiger partial charge < -0.3 is 30.4 Å². The summed E-state index contributed by atoms with van der Waals surface area (Å²) >= 11 is 0. The van der Waals surface area contributed by atoms with E-state index in [-0.39, 0.29) is 18.4 Å². The fraction of sp³-hybridized carbons (Fsp3) is 0.136. The quantitative estimate of drug-likeness (QED) is 0.245. The first-order valence-corrected chi connectivity index (χ1v) is 9.65. The van der Waals surface area contributed by atoms with Gasteiger partial charge in [-0.05, 0) is 36.4 Å². The van der Waals surface area contributed by atoms with Gasteiger partial charge in [-0.1, -0.05) is 11.8 Å². The Morgan fingerprint density at radius 3 is 2.84 bits per heavy atom. The second-order valence-electron chi connectivity index (χ2n) is 7.45. The number of benzene rings is 2. The number of aromatic amines is 1. The lowest BCUT2D eigenvalue weighted by Gasteiger charge is -2.20. The zero-order valence-electron chi connectivity index (χ0n) is 16.9. The molecule has 1 fully saturated rings. The number of urea groups is 1. The zero-order chi connectivity index (χ0) is 22.5. The van der Waals surface area contributed by atoms with Crippen LogP contribution in [0.1, 0.15) is 5.56 Å². The van der Waals surface area contributed by atoms with Crippen LogP contribution in [0.25, 0.3) is 21.8 Å². The highest BCUT2D eigenvalue weighted by Gasteiger charge is 2.46. The molecule has 3 heterocycles. The Morgan fingerprint density at radius 2 is 2.09 bits per heavy atom. The predicted molar refractivity (Wildman–Crippen MR) is 117 cm³/mol. The third kappa shape index (κ3) is 3.13. The largest absolute Gasteiger partial charge is 0.497 e. The number of carbonyl (C=O) groups excluding carboxylic acids is 2. The number of nitrogens with two attached hydrogens (primary N) is 1. The van der Waals surface area contributed by atoms with E-state index < -0.39 is 17.5 Å². The molecule has 0 bridgehead atoms. The summed E-state index contributed by atoms with van der Waals surface area (Å²) in [7, 11) is 1.53. The molecule has 0 radical (unpaired) electrons. The molecule has 6 N–H and O–H groups in total. The summed E-state index contributed by atoms with van der Waals surface area (Å²) in [6, 6.07) is 9.85. The maximum atomic E-state index is 12.7. The van der Waals surface area contributed by atoms with Crippen molar-refractivity contribution in [2.45, 2.75) is 12.1 Å². The minimum atomic E-state index is -1.57. The summed E-state index contributed by atoms with van der Waals surface area (Å²) in [4.78, 5) is 31.8. The van der Waals surface area contributed by atoms with Crippen LogP contribution in [0.5, 0.6) is 11.6 Å². The summed E-state index contributed by atoms with van der Waals surface area (Å²) < 4.78 is 6.69. The van der Waals surface area contributed by atoms with Gasteiger partial charge in [-0.25, -0.2) is 9.78 Å². The van der Waals surface area contributed by atoms with Crippen molar-refractivity contribution in [2.24, 2.45) is 0 Å². The molecular weight excluding hydrogens is 412 g/mol. The minimum Gasteiger partial charge on any atom is -0.497 e. The number of methoxy groups -OCH3 is 1. The number of nitrogens with zero attached hydrogens (tertiary/aromatic N) is 2. The molecule has 3 amide bonds. The maximum Gasteiger partial charge on any atom is 0.323 e. The normalized spacial score (nSPS) is 17.8. The fourth-order valence-corrected chi connectivity index (χ4v) is 3.74. The molecule has 10 nitrogen and oxygen atoms in total. The van der Waals surface area contributed by atoms with Crippen LogP contribution in [-0.4, -0.2) is 44.2 Å². The first kappa shape index (κ1) is 19.3. The number of rotatable bonds is 3. The highest BCUT2D eigenvalue weighted by atomic mass is 16.5. The van der Waals surface area contributed by atoms with Gasteiger partial charge in [-0.2, -0.15) is 0 Å². The van der Waals surface area contributed by atoms with Crippen molar-refractivity contribution in [3.05, 3.63) is 48.2 Å². The Morgan fingerprint density at radius 1 is 1.25 bits per heavy atom. The van der Waals surface area contributed by atoms with Crippen LogP contribution in [0.4, 0.5) is 10.7 Å². The molecule has 0 unspecified atom stereocenters. The van der Waals surface area contributed by atoms with Crippen molar-refractivity contribution in [3.8, 4) is 23.5 Å². The maximum absolute atomic E-state index is 12.7. The fourth-order valence-electron chi connectivity index (χ4n) is 3.74. The number of nitrogens with one attached hydrogen (secondary N) is 3. The van der Waals surface area contributed by atoms with Crippen molar-refractivity contribution in [1.29, 1.82) is 0 Å². The summed E-state index contributed by atoms with van der Waals surface area (Å²) in [6.45, 7) is -0.0976. The first-order chi connectivity index (χ1) is 15.4. The highest BCUT2D eigenvalue weighted by molar-refractivity contribution is 6.09. The third-order valence-electron chi connectivity index (χ3n) is 5.34. The standard InChI is InChI=1S/C22H18N6O4/c1-32-14-4-3-13-10-28(18(29)15(13)9-14)11-22(19(30)26-21(31)27-22)7-6-12-2-5-16-17(8-12)25-20(23)24-16/h2-5,8-10,29H,11H2,1H3,(H3,23,24,25)(H2,26,27,30,31)/t22-/m1/s1. The van der Waals surface area contributed by atoms with Crippen LogP contribution in [0.15, 0.2) is 42.6 Å². The monoisotopic (exact) mass is 430 g/mol. The highest BCUT2D eigenvalue weighted by Crippen LogP contribution is 2.32. The Hall–Kier alpha value is -4.65. The number of H-pyrrole nitrogens is 1. The predicted octanol–water partition coefficient (Wildman–Crippen LogP) is 1.44. The van der Waals surface area contributed by atoms with Gasteiger partial charge in [-0.3, -0.25) is 10.1 Å². The van der Waals surface area contributed by atoms with E-state index in [4.69, 9.17) is 10.5 Å². The number of fused-ring (bicyclic) bond motifs is 2. The number of hydrogen-bond acceptors (Lipinski definition) is 6. The van der Waals surface area contributed by atoms with Crippen molar-refractivity contribution < 1.29 is 19.4 Å². The molecule has 0 spiro atoms. The Balaban J connectivity index is 1.55. The van der Waals surface area contributed by atoms with Crippen molar-refractivity contribution in [3.63, 3.8) is 0 Å². The van der Waals surface area contributed by atoms with E-state index in [1.807, 2.05) is 0 Å². The van der Waals surface area contributed by atoms with Gasteiger partial charge >= 0.3 is 6.03 Å². The number of ether oxygens (including phenoxy) is 1. The van der Waals surface area contributed by atoms with E-state index in [9.17, 15) is 14.7 Å². The molecule has 10 heteroatoms. The molecule has 2 aromatic heterocycles. The number of imidazole rings is 1. The van der Waals surface area contributed by atoms with Gasteiger partial charge in [0.2, 0.25) is 5.54 Å². The number of amides is 3. The lowest BCUT2D eigenvalue weighted by atomic mass is 9.99. The molecule has 1 aliphatic rings. The number of aromatic nitrogens is 3. The average Bonchev–Trinajstić information content (AvgIpc) is 3.38. The van der Waals surface area contributed by atoms with E-state index in [1.54, 1.807) is 42.6 Å². The third-order valence-corrected chi connectivity index (χ3v) is 5.34. The summed E-state index contributed by atoms with van der Waals surface area (Å²) in [6.07, 6.45) is 1.69. The number of anilines is 1. The van der Waals surface area contributed by atoms with E-state index in [0.717, 1.165) is 5.39 Å². The molecule has 160 valence electrons. The van der Waals surface area contributed by atoms with Crippen LogP contribution in [0, 0.1) is 11.8 Å². The summed E-state index contributed by atoms with van der Waals surface area (Å²) in [5, 5.41) is 16.9. The summed E-state index contributed by atoms with van der Waals surface area (Å²) in [5.74, 6) is 6.04. The topological polar surface area (TPSA) is 147 Å². The molecule has 1 atom stereocenters. The lowest BCUT2D eigenvalue weighted by Crippen LogP contribution is -2.49. The van der Waals surface area contributed by atoms with Gasteiger partial charge in [-0.15, -0.1) is 0 Å². The van der Waals surface area contributed by atoms with Crippen LogP contribution in [0.2, 0.25) is 0 Å². The van der Waals surface area contributed by atoms with E-state index in [2.05, 4.69) is 32.4 Å². The molecule has 5 rings (SSSR count). The van der Waals surface area contributed by atoms with E-state index >= 15 is 0 Å². The molecule has 32 heavy (non-hydrogen) atoms. The van der Waals surface area contributed by atoms with Crippen LogP contribution < -0.4 is 21.1 Å². The van der Waals surface area contributed by atoms with E-state index in [1.165, 1.54) is 11.7 Å². The molecule has 0 saturated carbocycles. The number of hydrogen-bond donors (Lipinski definition) is 5. The number of aromatic hydroxyl groups is 1. The SMILES string of the molecule is COc1ccc2cn(C[C@@]3(C#Cc4ccc5nc(N)[nH]c5c4)NC(=O)NC3=O)c(O)c2c1. The average molecular weight is 430 g/mol. The Labute approximate surface area is 181 Å². The molecule has 2 aromatic carbocycles. The van der Waals surface area contributed by atoms with Crippen molar-refractivity contribution in [2.75, 3.05) is 12.8 Å². The van der Waals surface area contributed by atoms with Gasteiger partial charge in [0.15, 0.2) is 11.8 Å². The molecule has 4 aromatic rings. The van der Waals surface area contributed by atoms with Gasteiger partial charge in [0, 0.05) is 22.5 Å². The van der Waals surface area contributed by atoms with Gasteiger partial charge in [0.1, 0.15) is 5.75 Å². The second-order valence-corrected chi connectivity index (χ2v) is 7.45. The van der Waals surface area contributed by atoms with Crippen molar-refractivity contribution in [1.82, 2.24) is 25.2 Å². The first-order valence-electron chi connectivity index (χ1n) is 9.65. The number of carbonyl (C=O) groups is 2. The molecule has 1 aliphatic heterocycles. The van der Waals surface area contributed by atoms with Gasteiger partial charge in [0.05, 0.1) is 24.7 Å². The Kier molecular flexibility index (Phi) is 4.20. The Bertz CT molecular complexity index is 1470. The molecule has 1 saturated heterocycles. The molecular formula is C22H18N6O4. The number of imide groups is 1. The lowest BCUT2D eigenvalue weighted by molar-refractivity contribution is -0.122. The second kappa shape index (κ2) is 6.95. The zero-order valence-corrected chi connectivity index (χ0v) is 16.9. The van der Waals surface area contributed by atoms with E-state index in [0.29, 0.717) is 27.7 Å². The number of nitrogen functional groups attached to an aromatic ring is 1. The summed E-state index contributed by atoms with van der Waals surface area (Å²) in [5.41, 5.74) is 6.10. The minimum absolute atomic E-state index is 0.0663. The van der Waals surface area contributed by atoms with Crippen molar-refractivity contribution >= 4 is 39.7 Å². The molecule has 0 aliphatic carbocycles.